The number of nitrogens with one attached hydrogen (secondary N) is 1. The van der Waals surface area contributed by atoms with Gasteiger partial charge in [-0.2, -0.15) is 0 Å². The zero-order valence-electron chi connectivity index (χ0n) is 33.9. The molecule has 9 aromatic heterocycles. The number of nitrogen functional groups attached to an aromatic ring is 3. The summed E-state index contributed by atoms with van der Waals surface area (Å²) in [6.45, 7) is 0. The lowest BCUT2D eigenvalue weighted by atomic mass is 9.81. The van der Waals surface area contributed by atoms with E-state index in [1.54, 1.807) is 23.0 Å². The molecule has 3 aliphatic rings. The lowest BCUT2D eigenvalue weighted by Gasteiger charge is -2.04. The van der Waals surface area contributed by atoms with Crippen LogP contribution in [0, 0.1) is 0 Å². The summed E-state index contributed by atoms with van der Waals surface area (Å²) in [5, 5.41) is 34.0. The van der Waals surface area contributed by atoms with E-state index in [-0.39, 0.29) is 28.5 Å². The van der Waals surface area contributed by atoms with Crippen LogP contribution in [0.1, 0.15) is 56.7 Å². The van der Waals surface area contributed by atoms with Crippen LogP contribution >= 0.6 is 11.6 Å². The summed E-state index contributed by atoms with van der Waals surface area (Å²) in [5.41, 5.74) is 19.9. The largest absolute Gasteiger partial charge is 0.488 e. The summed E-state index contributed by atoms with van der Waals surface area (Å²) in [4.78, 5) is 47.1. The third-order valence-electron chi connectivity index (χ3n) is 10.2. The zero-order chi connectivity index (χ0) is 44.8. The second kappa shape index (κ2) is 16.9. The molecular formula is C39H36BClN18O6. The van der Waals surface area contributed by atoms with E-state index in [0.717, 1.165) is 38.5 Å². The van der Waals surface area contributed by atoms with Gasteiger partial charge in [0.1, 0.15) is 52.6 Å². The fourth-order valence-corrected chi connectivity index (χ4v) is 6.84. The predicted octanol–water partition coefficient (Wildman–Crippen LogP) is 3.42. The van der Waals surface area contributed by atoms with Gasteiger partial charge in [-0.3, -0.25) is 4.79 Å². The Kier molecular flexibility index (Phi) is 10.7. The van der Waals surface area contributed by atoms with Gasteiger partial charge in [0, 0.05) is 47.9 Å². The second-order valence-corrected chi connectivity index (χ2v) is 15.6. The maximum absolute atomic E-state index is 11.4. The lowest BCUT2D eigenvalue weighted by molar-refractivity contribution is 0.422. The van der Waals surface area contributed by atoms with Crippen molar-refractivity contribution in [2.45, 2.75) is 56.7 Å². The maximum Gasteiger partial charge on any atom is 0.488 e. The topological polar surface area (TPSA) is 336 Å². The molecule has 9 N–H and O–H groups in total. The molecule has 65 heavy (non-hydrogen) atoms. The van der Waals surface area contributed by atoms with Crippen LogP contribution in [0.2, 0.25) is 5.02 Å². The maximum atomic E-state index is 11.4. The van der Waals surface area contributed by atoms with Crippen molar-refractivity contribution in [1.82, 2.24) is 74.2 Å². The molecule has 0 atom stereocenters. The molecule has 9 heterocycles. The Morgan fingerprint density at radius 1 is 0.600 bits per heavy atom. The van der Waals surface area contributed by atoms with Crippen LogP contribution in [0.15, 0.2) is 78.8 Å². The highest BCUT2D eigenvalue weighted by Crippen LogP contribution is 2.42. The first-order chi connectivity index (χ1) is 31.6. The van der Waals surface area contributed by atoms with Crippen LogP contribution in [-0.2, 0) is 0 Å². The average Bonchev–Trinajstić information content (AvgIpc) is 4.22. The van der Waals surface area contributed by atoms with Crippen LogP contribution in [0.5, 0.6) is 35.3 Å². The molecule has 3 saturated carbocycles. The van der Waals surface area contributed by atoms with Gasteiger partial charge in [0.15, 0.2) is 22.4 Å². The zero-order valence-corrected chi connectivity index (χ0v) is 34.6. The highest BCUT2D eigenvalue weighted by Gasteiger charge is 2.32. The number of nitrogens with zero attached hydrogens (tertiary/aromatic N) is 14. The van der Waals surface area contributed by atoms with Gasteiger partial charge in [0.2, 0.25) is 17.6 Å². The lowest BCUT2D eigenvalue weighted by Crippen LogP contribution is -2.29. The fourth-order valence-electron chi connectivity index (χ4n) is 6.69. The normalized spacial score (nSPS) is 14.4. The molecule has 24 nitrogen and oxygen atoms in total. The number of anilines is 3. The van der Waals surface area contributed by atoms with Crippen molar-refractivity contribution >= 4 is 74.7 Å². The summed E-state index contributed by atoms with van der Waals surface area (Å²) in [6, 6.07) is 9.93. The van der Waals surface area contributed by atoms with Gasteiger partial charge in [-0.1, -0.05) is 11.6 Å². The monoisotopic (exact) mass is 898 g/mol. The first-order valence-electron chi connectivity index (χ1n) is 20.2. The molecule has 328 valence electrons. The van der Waals surface area contributed by atoms with Crippen LogP contribution in [0.4, 0.5) is 17.5 Å². The van der Waals surface area contributed by atoms with Gasteiger partial charge in [-0.15, -0.1) is 15.3 Å². The number of nitrogens with two attached hydrogens (primary N) is 3. The molecule has 3 aliphatic carbocycles. The summed E-state index contributed by atoms with van der Waals surface area (Å²) in [5.74, 6) is 2.66. The molecule has 0 aromatic carbocycles. The molecule has 3 fully saturated rings. The number of aromatic amines is 1. The molecule has 9 aromatic rings. The van der Waals surface area contributed by atoms with E-state index in [9.17, 15) is 14.8 Å². The Morgan fingerprint density at radius 3 is 1.48 bits per heavy atom. The number of rotatable bonds is 10. The van der Waals surface area contributed by atoms with Crippen LogP contribution < -0.4 is 42.3 Å². The number of ether oxygens (including phenoxy) is 3. The number of H-pyrrole nitrogens is 1. The summed E-state index contributed by atoms with van der Waals surface area (Å²) in [7, 11) is -1.60. The van der Waals surface area contributed by atoms with Gasteiger partial charge in [0.05, 0.1) is 18.1 Å². The van der Waals surface area contributed by atoms with Gasteiger partial charge in [-0.05, 0) is 56.1 Å². The fraction of sp³-hybridized carbons (Fsp3) is 0.231. The molecular weight excluding hydrogens is 863 g/mol. The van der Waals surface area contributed by atoms with Gasteiger partial charge < -0.3 is 46.4 Å². The molecule has 0 saturated heterocycles. The Labute approximate surface area is 370 Å². The molecule has 12 rings (SSSR count). The number of hydrogen-bond donors (Lipinski definition) is 6. The van der Waals surface area contributed by atoms with E-state index in [1.165, 1.54) is 55.6 Å². The van der Waals surface area contributed by atoms with E-state index >= 15 is 0 Å². The summed E-state index contributed by atoms with van der Waals surface area (Å²) in [6.07, 6.45) is 15.1. The smallest absolute Gasteiger partial charge is 0.423 e. The van der Waals surface area contributed by atoms with Crippen molar-refractivity contribution in [3.63, 3.8) is 0 Å². The van der Waals surface area contributed by atoms with E-state index < -0.39 is 7.12 Å². The third kappa shape index (κ3) is 8.69. The van der Waals surface area contributed by atoms with E-state index in [4.69, 9.17) is 43.0 Å². The minimum atomic E-state index is -1.60. The van der Waals surface area contributed by atoms with Crippen LogP contribution in [-0.4, -0.2) is 91.4 Å². The quantitative estimate of drug-likeness (QED) is 0.107. The molecule has 26 heteroatoms. The minimum absolute atomic E-state index is 0.154. The third-order valence-corrected chi connectivity index (χ3v) is 10.5. The SMILES string of the molecule is Nc1ncnc2c1c(Oc1cc(=O)cc[nH]1)nn2C1CC1.Nc1ncnc2c1c(Oc1cc(B(O)O)ccn1)nn2C1CC1.Nc1ncnc2c1c(Oc1cc(Cl)ccn1)nn2C1CC1. The van der Waals surface area contributed by atoms with Crippen LogP contribution in [0.3, 0.4) is 0 Å². The van der Waals surface area contributed by atoms with E-state index in [1.807, 2.05) is 9.36 Å². The van der Waals surface area contributed by atoms with Crippen molar-refractivity contribution in [2.24, 2.45) is 0 Å². The van der Waals surface area contributed by atoms with E-state index in [0.29, 0.717) is 91.4 Å². The Hall–Kier alpha value is -8.03. The number of fused-ring (bicyclic) bond motifs is 3. The molecule has 0 amide bonds. The van der Waals surface area contributed by atoms with Gasteiger partial charge >= 0.3 is 7.12 Å². The first-order valence-corrected chi connectivity index (χ1v) is 20.6. The molecule has 0 spiro atoms. The Bertz CT molecular complexity index is 3280. The van der Waals surface area contributed by atoms with Crippen molar-refractivity contribution < 1.29 is 24.3 Å². The number of pyridine rings is 3. The number of halogens is 1. The Balaban J connectivity index is 0.000000115. The second-order valence-electron chi connectivity index (χ2n) is 15.1. The average molecular weight is 899 g/mol. The van der Waals surface area contributed by atoms with Crippen molar-refractivity contribution in [3.05, 3.63) is 89.2 Å². The molecule has 0 radical (unpaired) electrons. The van der Waals surface area contributed by atoms with Crippen LogP contribution in [0.25, 0.3) is 33.1 Å². The predicted molar refractivity (Wildman–Crippen MR) is 235 cm³/mol. The number of hydrogen-bond acceptors (Lipinski definition) is 20. The van der Waals surface area contributed by atoms with Gasteiger partial charge in [0.25, 0.3) is 17.6 Å². The van der Waals surface area contributed by atoms with Crippen molar-refractivity contribution in [1.29, 1.82) is 0 Å². The summed E-state index contributed by atoms with van der Waals surface area (Å²) >= 11 is 5.93. The van der Waals surface area contributed by atoms with Crippen molar-refractivity contribution in [3.8, 4) is 35.3 Å². The molecule has 0 aliphatic heterocycles. The van der Waals surface area contributed by atoms with Gasteiger partial charge in [-0.25, -0.2) is 53.9 Å². The standard InChI is InChI=1S/C13H13BN6O3.C13H11ClN6O.C13H12N6O2/c15-11-10-12(18-6-17-11)20(8-1-2-8)19-13(10)23-9-5-7(14(21)22)3-4-16-9;14-7-3-4-16-9(5-7)21-13-10-11(15)17-6-18-12(10)20(19-13)8-1-2-8;14-11-10-12(17-6-16-11)19(7-1-2-7)18-13(10)21-9-5-8(20)3-4-15-9/h3-6,8,21-22H,1-2H2,(H2,15,17,18);3-6,8H,1-2H2,(H2,15,17,18);3-7H,1-2H2,(H,15,20)(H2,14,16,17). The molecule has 0 bridgehead atoms. The first kappa shape index (κ1) is 41.0. The Morgan fingerprint density at radius 2 is 1.05 bits per heavy atom. The van der Waals surface area contributed by atoms with E-state index in [2.05, 4.69) is 60.2 Å². The van der Waals surface area contributed by atoms with Crippen molar-refractivity contribution in [2.75, 3.05) is 17.2 Å². The molecule has 0 unspecified atom stereocenters. The minimum Gasteiger partial charge on any atom is -0.423 e. The highest BCUT2D eigenvalue weighted by atomic mass is 35.5. The number of aromatic nitrogens is 15. The highest BCUT2D eigenvalue weighted by molar-refractivity contribution is 6.58. The summed E-state index contributed by atoms with van der Waals surface area (Å²) < 4.78 is 22.5.